The fraction of sp³-hybridized carbons (Fsp3) is 0.867. The Morgan fingerprint density at radius 2 is 1.85 bits per heavy atom. The molecular formula is C15H26N2O3. The zero-order valence-electron chi connectivity index (χ0n) is 12.4. The lowest BCUT2D eigenvalue weighted by Crippen LogP contribution is -2.49. The number of urea groups is 1. The minimum absolute atomic E-state index is 0.183. The first-order chi connectivity index (χ1) is 9.43. The maximum atomic E-state index is 11.8. The number of rotatable bonds is 5. The molecular weight excluding hydrogens is 256 g/mol. The Morgan fingerprint density at radius 3 is 2.35 bits per heavy atom. The molecule has 0 aromatic carbocycles. The number of hydrogen-bond donors (Lipinski definition) is 3. The summed E-state index contributed by atoms with van der Waals surface area (Å²) in [6.45, 7) is 4.40. The maximum Gasteiger partial charge on any atom is 0.315 e. The lowest BCUT2D eigenvalue weighted by molar-refractivity contribution is -0.151. The van der Waals surface area contributed by atoms with E-state index >= 15 is 0 Å². The van der Waals surface area contributed by atoms with Crippen LogP contribution < -0.4 is 10.6 Å². The third kappa shape index (κ3) is 3.64. The van der Waals surface area contributed by atoms with Crippen LogP contribution in [0.15, 0.2) is 0 Å². The van der Waals surface area contributed by atoms with Crippen molar-refractivity contribution in [3.8, 4) is 0 Å². The molecule has 0 bridgehead atoms. The monoisotopic (exact) mass is 282 g/mol. The molecule has 0 spiro atoms. The van der Waals surface area contributed by atoms with Crippen LogP contribution >= 0.6 is 0 Å². The van der Waals surface area contributed by atoms with Crippen molar-refractivity contribution in [2.45, 2.75) is 58.4 Å². The Morgan fingerprint density at radius 1 is 1.25 bits per heavy atom. The summed E-state index contributed by atoms with van der Waals surface area (Å²) in [4.78, 5) is 23.4. The first-order valence-electron chi connectivity index (χ1n) is 7.71. The summed E-state index contributed by atoms with van der Waals surface area (Å²) in [7, 11) is 0. The number of carboxylic acids is 1. The number of nitrogens with one attached hydrogen (secondary N) is 2. The second-order valence-corrected chi connectivity index (χ2v) is 6.72. The van der Waals surface area contributed by atoms with Crippen molar-refractivity contribution in [1.29, 1.82) is 0 Å². The fourth-order valence-corrected chi connectivity index (χ4v) is 3.00. The van der Waals surface area contributed by atoms with Crippen LogP contribution in [0.3, 0.4) is 0 Å². The van der Waals surface area contributed by atoms with E-state index in [1.807, 2.05) is 6.92 Å². The normalized spacial score (nSPS) is 31.4. The molecule has 2 aliphatic rings. The molecule has 2 saturated carbocycles. The lowest BCUT2D eigenvalue weighted by Gasteiger charge is -2.35. The van der Waals surface area contributed by atoms with E-state index in [0.717, 1.165) is 12.8 Å². The molecule has 5 nitrogen and oxygen atoms in total. The average Bonchev–Trinajstić information content (AvgIpc) is 3.22. The van der Waals surface area contributed by atoms with Crippen molar-refractivity contribution in [3.63, 3.8) is 0 Å². The molecule has 0 heterocycles. The van der Waals surface area contributed by atoms with Crippen LogP contribution in [0.2, 0.25) is 0 Å². The van der Waals surface area contributed by atoms with Gasteiger partial charge in [0.1, 0.15) is 0 Å². The zero-order chi connectivity index (χ0) is 14.8. The molecule has 3 N–H and O–H groups in total. The quantitative estimate of drug-likeness (QED) is 0.724. The summed E-state index contributed by atoms with van der Waals surface area (Å²) >= 11 is 0. The molecule has 0 aromatic rings. The molecule has 0 radical (unpaired) electrons. The molecule has 0 aromatic heterocycles. The highest BCUT2D eigenvalue weighted by Gasteiger charge is 2.41. The second-order valence-electron chi connectivity index (χ2n) is 6.72. The van der Waals surface area contributed by atoms with Crippen LogP contribution in [-0.4, -0.2) is 29.7 Å². The van der Waals surface area contributed by atoms with Gasteiger partial charge in [0.15, 0.2) is 0 Å². The highest BCUT2D eigenvalue weighted by Crippen LogP contribution is 2.38. The van der Waals surface area contributed by atoms with Crippen LogP contribution in [0.4, 0.5) is 4.79 Å². The first-order valence-corrected chi connectivity index (χ1v) is 7.71. The van der Waals surface area contributed by atoms with Crippen LogP contribution in [0.25, 0.3) is 0 Å². The van der Waals surface area contributed by atoms with Crippen LogP contribution in [0.1, 0.15) is 52.4 Å². The topological polar surface area (TPSA) is 78.4 Å². The van der Waals surface area contributed by atoms with Gasteiger partial charge >= 0.3 is 12.0 Å². The van der Waals surface area contributed by atoms with Gasteiger partial charge < -0.3 is 15.7 Å². The Balaban J connectivity index is 1.82. The van der Waals surface area contributed by atoms with E-state index in [-0.39, 0.29) is 18.6 Å². The number of aliphatic carboxylic acids is 1. The van der Waals surface area contributed by atoms with Gasteiger partial charge in [-0.25, -0.2) is 4.79 Å². The van der Waals surface area contributed by atoms with Crippen molar-refractivity contribution in [1.82, 2.24) is 10.6 Å². The molecule has 1 unspecified atom stereocenters. The molecule has 0 aliphatic heterocycles. The Hall–Kier alpha value is -1.26. The summed E-state index contributed by atoms with van der Waals surface area (Å²) in [6.07, 6.45) is 5.52. The molecule has 0 saturated heterocycles. The number of amides is 2. The fourth-order valence-electron chi connectivity index (χ4n) is 3.00. The largest absolute Gasteiger partial charge is 0.481 e. The molecule has 2 amide bonds. The molecule has 2 aliphatic carbocycles. The van der Waals surface area contributed by atoms with Crippen molar-refractivity contribution < 1.29 is 14.7 Å². The Labute approximate surface area is 120 Å². The summed E-state index contributed by atoms with van der Waals surface area (Å²) < 4.78 is 0. The van der Waals surface area contributed by atoms with Crippen molar-refractivity contribution in [2.24, 2.45) is 17.3 Å². The number of carbonyl (C=O) groups is 2. The first kappa shape index (κ1) is 15.1. The van der Waals surface area contributed by atoms with E-state index in [1.165, 1.54) is 12.8 Å². The van der Waals surface area contributed by atoms with Gasteiger partial charge in [-0.1, -0.05) is 6.92 Å². The molecule has 114 valence electrons. The Bertz CT molecular complexity index is 371. The highest BCUT2D eigenvalue weighted by molar-refractivity contribution is 5.78. The van der Waals surface area contributed by atoms with E-state index in [4.69, 9.17) is 0 Å². The van der Waals surface area contributed by atoms with Gasteiger partial charge in [0.2, 0.25) is 0 Å². The summed E-state index contributed by atoms with van der Waals surface area (Å²) in [5, 5.41) is 15.2. The van der Waals surface area contributed by atoms with E-state index in [2.05, 4.69) is 17.6 Å². The number of carbonyl (C=O) groups excluding carboxylic acids is 1. The number of hydrogen-bond acceptors (Lipinski definition) is 2. The second kappa shape index (κ2) is 6.02. The van der Waals surface area contributed by atoms with Gasteiger partial charge in [-0.3, -0.25) is 4.79 Å². The van der Waals surface area contributed by atoms with Gasteiger partial charge in [-0.05, 0) is 57.3 Å². The smallest absolute Gasteiger partial charge is 0.315 e. The van der Waals surface area contributed by atoms with Gasteiger partial charge in [-0.15, -0.1) is 0 Å². The van der Waals surface area contributed by atoms with Crippen LogP contribution in [-0.2, 0) is 4.79 Å². The molecule has 2 fully saturated rings. The van der Waals surface area contributed by atoms with Gasteiger partial charge in [0.25, 0.3) is 0 Å². The van der Waals surface area contributed by atoms with E-state index < -0.39 is 11.4 Å². The predicted octanol–water partition coefficient (Wildman–Crippen LogP) is 2.37. The minimum atomic E-state index is -0.778. The standard InChI is InChI=1S/C15H26N2O3/c1-10-5-7-15(8-6-10,13(18)19)9-16-14(20)17-11(2)12-3-4-12/h10-12H,3-9H2,1-2H3,(H,18,19)(H2,16,17,20). The summed E-state index contributed by atoms with van der Waals surface area (Å²) in [5.41, 5.74) is -0.771. The number of carboxylic acid groups (broad SMARTS) is 1. The average molecular weight is 282 g/mol. The van der Waals surface area contributed by atoms with Crippen LogP contribution in [0.5, 0.6) is 0 Å². The Kier molecular flexibility index (Phi) is 4.55. The minimum Gasteiger partial charge on any atom is -0.481 e. The SMILES string of the molecule is CC1CCC(CNC(=O)NC(C)C2CC2)(C(=O)O)CC1. The maximum absolute atomic E-state index is 11.8. The van der Waals surface area contributed by atoms with Crippen molar-refractivity contribution in [3.05, 3.63) is 0 Å². The van der Waals surface area contributed by atoms with Gasteiger partial charge in [0, 0.05) is 12.6 Å². The highest BCUT2D eigenvalue weighted by atomic mass is 16.4. The van der Waals surface area contributed by atoms with Crippen molar-refractivity contribution >= 4 is 12.0 Å². The lowest BCUT2D eigenvalue weighted by atomic mass is 9.71. The summed E-state index contributed by atoms with van der Waals surface area (Å²) in [6, 6.07) is -0.0502. The van der Waals surface area contributed by atoms with E-state index in [0.29, 0.717) is 24.7 Å². The molecule has 2 rings (SSSR count). The molecule has 5 heteroatoms. The summed E-state index contributed by atoms with van der Waals surface area (Å²) in [5.74, 6) is 0.413. The van der Waals surface area contributed by atoms with E-state index in [9.17, 15) is 14.7 Å². The molecule has 20 heavy (non-hydrogen) atoms. The zero-order valence-corrected chi connectivity index (χ0v) is 12.4. The van der Waals surface area contributed by atoms with Crippen molar-refractivity contribution in [2.75, 3.05) is 6.54 Å². The third-order valence-corrected chi connectivity index (χ3v) is 4.96. The van der Waals surface area contributed by atoms with Gasteiger partial charge in [0.05, 0.1) is 5.41 Å². The third-order valence-electron chi connectivity index (χ3n) is 4.96. The molecule has 1 atom stereocenters. The van der Waals surface area contributed by atoms with E-state index in [1.54, 1.807) is 0 Å². The predicted molar refractivity (Wildman–Crippen MR) is 76.4 cm³/mol. The van der Waals surface area contributed by atoms with Crippen LogP contribution in [0, 0.1) is 17.3 Å². The van der Waals surface area contributed by atoms with Gasteiger partial charge in [-0.2, -0.15) is 0 Å².